The maximum Gasteiger partial charge on any atom is 0.304 e. The first-order valence-corrected chi connectivity index (χ1v) is 7.24. The van der Waals surface area contributed by atoms with E-state index in [-0.39, 0.29) is 6.04 Å². The Hall–Kier alpha value is -1.40. The molecule has 5 nitrogen and oxygen atoms in total. The maximum absolute atomic E-state index is 11.6. The number of aliphatic carboxylic acids is 1. The van der Waals surface area contributed by atoms with Gasteiger partial charge in [-0.1, -0.05) is 29.8 Å². The van der Waals surface area contributed by atoms with E-state index in [1.54, 1.807) is 6.92 Å². The Morgan fingerprint density at radius 2 is 1.89 bits per heavy atom. The topological polar surface area (TPSA) is 83.5 Å². The van der Waals surface area contributed by atoms with Gasteiger partial charge in [0.15, 0.2) is 0 Å². The van der Waals surface area contributed by atoms with Crippen molar-refractivity contribution in [1.82, 2.24) is 4.72 Å². The summed E-state index contributed by atoms with van der Waals surface area (Å²) < 4.78 is 25.7. The highest BCUT2D eigenvalue weighted by Gasteiger charge is 2.16. The van der Waals surface area contributed by atoms with E-state index < -0.39 is 28.2 Å². The largest absolute Gasteiger partial charge is 0.481 e. The molecule has 0 aliphatic heterocycles. The van der Waals surface area contributed by atoms with Crippen LogP contribution in [0.4, 0.5) is 0 Å². The zero-order valence-corrected chi connectivity index (χ0v) is 11.2. The van der Waals surface area contributed by atoms with Crippen LogP contribution in [-0.4, -0.2) is 25.2 Å². The summed E-state index contributed by atoms with van der Waals surface area (Å²) in [7, 11) is -3.56. The lowest BCUT2D eigenvalue weighted by Gasteiger charge is -2.14. The van der Waals surface area contributed by atoms with Crippen molar-refractivity contribution in [2.45, 2.75) is 26.3 Å². The third-order valence-electron chi connectivity index (χ3n) is 2.52. The Labute approximate surface area is 107 Å². The van der Waals surface area contributed by atoms with E-state index in [0.717, 1.165) is 11.1 Å². The van der Waals surface area contributed by atoms with Crippen LogP contribution in [0.25, 0.3) is 0 Å². The van der Waals surface area contributed by atoms with Crippen molar-refractivity contribution in [1.29, 1.82) is 0 Å². The van der Waals surface area contributed by atoms with Gasteiger partial charge in [-0.15, -0.1) is 0 Å². The summed E-state index contributed by atoms with van der Waals surface area (Å²) >= 11 is 0. The van der Waals surface area contributed by atoms with Gasteiger partial charge in [0.25, 0.3) is 0 Å². The summed E-state index contributed by atoms with van der Waals surface area (Å²) in [5.74, 6) is -1.53. The molecule has 1 atom stereocenters. The number of nitrogens with one attached hydrogen (secondary N) is 1. The number of carboxylic acids is 1. The lowest BCUT2D eigenvalue weighted by molar-refractivity contribution is -0.136. The molecule has 0 heterocycles. The van der Waals surface area contributed by atoms with Crippen LogP contribution in [0.1, 0.15) is 30.5 Å². The van der Waals surface area contributed by atoms with Crippen molar-refractivity contribution in [2.24, 2.45) is 0 Å². The lowest BCUT2D eigenvalue weighted by atomic mass is 10.1. The molecule has 1 aromatic rings. The number of rotatable bonds is 6. The number of benzene rings is 1. The van der Waals surface area contributed by atoms with Crippen LogP contribution < -0.4 is 4.72 Å². The van der Waals surface area contributed by atoms with Crippen LogP contribution in [0.5, 0.6) is 0 Å². The number of sulfonamides is 1. The maximum atomic E-state index is 11.6. The smallest absolute Gasteiger partial charge is 0.304 e. The predicted molar refractivity (Wildman–Crippen MR) is 68.8 cm³/mol. The Balaban J connectivity index is 2.66. The Bertz CT molecular complexity index is 507. The fourth-order valence-electron chi connectivity index (χ4n) is 1.47. The van der Waals surface area contributed by atoms with E-state index >= 15 is 0 Å². The zero-order valence-electron chi connectivity index (χ0n) is 10.4. The molecule has 0 amide bonds. The second-order valence-electron chi connectivity index (χ2n) is 4.21. The molecule has 18 heavy (non-hydrogen) atoms. The van der Waals surface area contributed by atoms with Crippen LogP contribution in [0.3, 0.4) is 0 Å². The lowest BCUT2D eigenvalue weighted by Crippen LogP contribution is -2.30. The molecule has 0 saturated heterocycles. The Kier molecular flexibility index (Phi) is 4.86. The molecule has 0 saturated carbocycles. The average molecular weight is 271 g/mol. The van der Waals surface area contributed by atoms with Crippen LogP contribution in [0.2, 0.25) is 0 Å². The van der Waals surface area contributed by atoms with Gasteiger partial charge in [-0.3, -0.25) is 4.79 Å². The molecule has 1 rings (SSSR count). The molecule has 0 aromatic heterocycles. The van der Waals surface area contributed by atoms with Gasteiger partial charge < -0.3 is 5.11 Å². The number of carbonyl (C=O) groups is 1. The molecule has 0 bridgehead atoms. The van der Waals surface area contributed by atoms with Crippen molar-refractivity contribution < 1.29 is 18.3 Å². The number of carboxylic acid groups (broad SMARTS) is 1. The van der Waals surface area contributed by atoms with Crippen molar-refractivity contribution in [3.05, 3.63) is 35.4 Å². The van der Waals surface area contributed by atoms with E-state index in [1.807, 2.05) is 31.2 Å². The van der Waals surface area contributed by atoms with Gasteiger partial charge in [0.05, 0.1) is 12.2 Å². The summed E-state index contributed by atoms with van der Waals surface area (Å²) in [6.45, 7) is 3.68. The van der Waals surface area contributed by atoms with Crippen LogP contribution in [-0.2, 0) is 14.8 Å². The minimum atomic E-state index is -3.56. The molecular weight excluding hydrogens is 254 g/mol. The first kappa shape index (κ1) is 14.7. The van der Waals surface area contributed by atoms with Crippen molar-refractivity contribution in [3.63, 3.8) is 0 Å². The molecule has 0 radical (unpaired) electrons. The van der Waals surface area contributed by atoms with E-state index in [4.69, 9.17) is 5.11 Å². The van der Waals surface area contributed by atoms with Gasteiger partial charge in [0.2, 0.25) is 10.0 Å². The summed E-state index contributed by atoms with van der Waals surface area (Å²) in [6.07, 6.45) is -0.393. The number of aryl methyl sites for hydroxylation is 1. The highest BCUT2D eigenvalue weighted by Crippen LogP contribution is 2.14. The van der Waals surface area contributed by atoms with Crippen LogP contribution in [0, 0.1) is 6.92 Å². The van der Waals surface area contributed by atoms with E-state index in [1.165, 1.54) is 0 Å². The molecular formula is C12H17NO4S. The molecule has 0 fully saturated rings. The molecule has 100 valence electrons. The summed E-state index contributed by atoms with van der Waals surface area (Å²) in [4.78, 5) is 10.3. The van der Waals surface area contributed by atoms with Crippen molar-refractivity contribution >= 4 is 16.0 Å². The molecule has 0 aliphatic carbocycles. The number of hydrogen-bond acceptors (Lipinski definition) is 3. The molecule has 6 heteroatoms. The second kappa shape index (κ2) is 5.97. The molecule has 1 aromatic carbocycles. The van der Waals surface area contributed by atoms with E-state index in [2.05, 4.69) is 4.72 Å². The molecule has 0 spiro atoms. The standard InChI is InChI=1S/C12H17NO4S/c1-9-3-5-11(6-4-9)10(2)13-18(16,17)8-7-12(14)15/h3-6,10,13H,7-8H2,1-2H3,(H,14,15)/t10-/m1/s1. The third-order valence-corrected chi connectivity index (χ3v) is 3.97. The van der Waals surface area contributed by atoms with Crippen LogP contribution >= 0.6 is 0 Å². The highest BCUT2D eigenvalue weighted by molar-refractivity contribution is 7.89. The highest BCUT2D eigenvalue weighted by atomic mass is 32.2. The Morgan fingerprint density at radius 1 is 1.33 bits per heavy atom. The van der Waals surface area contributed by atoms with Crippen LogP contribution in [0.15, 0.2) is 24.3 Å². The molecule has 0 unspecified atom stereocenters. The third kappa shape index (κ3) is 4.85. The fourth-order valence-corrected chi connectivity index (χ4v) is 2.71. The Morgan fingerprint density at radius 3 is 2.39 bits per heavy atom. The zero-order chi connectivity index (χ0) is 13.8. The minimum absolute atomic E-state index is 0.371. The summed E-state index contributed by atoms with van der Waals surface area (Å²) in [6, 6.07) is 7.12. The van der Waals surface area contributed by atoms with Gasteiger partial charge in [-0.05, 0) is 19.4 Å². The van der Waals surface area contributed by atoms with Gasteiger partial charge in [0, 0.05) is 6.04 Å². The predicted octanol–water partition coefficient (Wildman–Crippen LogP) is 1.45. The van der Waals surface area contributed by atoms with Crippen molar-refractivity contribution in [3.8, 4) is 0 Å². The average Bonchev–Trinajstić information content (AvgIpc) is 2.27. The van der Waals surface area contributed by atoms with Gasteiger partial charge in [-0.2, -0.15) is 0 Å². The van der Waals surface area contributed by atoms with E-state index in [0.29, 0.717) is 0 Å². The van der Waals surface area contributed by atoms with E-state index in [9.17, 15) is 13.2 Å². The monoisotopic (exact) mass is 271 g/mol. The first-order chi connectivity index (χ1) is 8.30. The summed E-state index contributed by atoms with van der Waals surface area (Å²) in [5.41, 5.74) is 1.94. The van der Waals surface area contributed by atoms with Crippen molar-refractivity contribution in [2.75, 3.05) is 5.75 Å². The SMILES string of the molecule is Cc1ccc([C@@H](C)NS(=O)(=O)CCC(=O)O)cc1. The minimum Gasteiger partial charge on any atom is -0.481 e. The molecule has 2 N–H and O–H groups in total. The van der Waals surface area contributed by atoms with Gasteiger partial charge in [-0.25, -0.2) is 13.1 Å². The second-order valence-corrected chi connectivity index (χ2v) is 6.09. The van der Waals surface area contributed by atoms with Gasteiger partial charge >= 0.3 is 5.97 Å². The fraction of sp³-hybridized carbons (Fsp3) is 0.417. The normalized spacial score (nSPS) is 13.2. The quantitative estimate of drug-likeness (QED) is 0.820. The molecule has 0 aliphatic rings. The van der Waals surface area contributed by atoms with Gasteiger partial charge in [0.1, 0.15) is 0 Å². The number of hydrogen-bond donors (Lipinski definition) is 2. The summed E-state index contributed by atoms with van der Waals surface area (Å²) in [5, 5.41) is 8.47. The first-order valence-electron chi connectivity index (χ1n) is 5.58.